The van der Waals surface area contributed by atoms with Crippen LogP contribution in [0.2, 0.25) is 0 Å². The number of imidazole rings is 1. The third kappa shape index (κ3) is 1.02. The molecule has 0 fully saturated rings. The van der Waals surface area contributed by atoms with Gasteiger partial charge in [0.1, 0.15) is 0 Å². The van der Waals surface area contributed by atoms with Crippen LogP contribution in [-0.2, 0) is 0 Å². The lowest BCUT2D eigenvalue weighted by Crippen LogP contribution is -1.85. The van der Waals surface area contributed by atoms with Gasteiger partial charge in [-0.15, -0.1) is 0 Å². The van der Waals surface area contributed by atoms with E-state index in [1.165, 1.54) is 0 Å². The molecule has 2 aromatic heterocycles. The quantitative estimate of drug-likeness (QED) is 0.503. The van der Waals surface area contributed by atoms with Gasteiger partial charge >= 0.3 is 0 Å². The van der Waals surface area contributed by atoms with Crippen molar-refractivity contribution in [1.82, 2.24) is 9.38 Å². The second-order valence-corrected chi connectivity index (χ2v) is 3.32. The lowest BCUT2D eigenvalue weighted by Gasteiger charge is -2.00. The van der Waals surface area contributed by atoms with Gasteiger partial charge in [0.15, 0.2) is 0 Å². The molecule has 0 aliphatic heterocycles. The van der Waals surface area contributed by atoms with Gasteiger partial charge in [-0.1, -0.05) is 24.8 Å². The molecule has 0 saturated carbocycles. The van der Waals surface area contributed by atoms with Gasteiger partial charge < -0.3 is 4.85 Å². The topological polar surface area (TPSA) is 21.7 Å². The zero-order chi connectivity index (χ0) is 10.3. The van der Waals surface area contributed by atoms with E-state index in [-0.39, 0.29) is 0 Å². The maximum Gasteiger partial charge on any atom is 0.237 e. The number of hydrogen-bond donors (Lipinski definition) is 0. The molecule has 3 nitrogen and oxygen atoms in total. The molecule has 0 saturated heterocycles. The van der Waals surface area contributed by atoms with Crippen molar-refractivity contribution in [2.75, 3.05) is 0 Å². The van der Waals surface area contributed by atoms with E-state index in [9.17, 15) is 0 Å². The molecule has 0 atom stereocenters. The molecule has 0 bridgehead atoms. The standard InChI is InChI=1S/C12H7N3/c1-13-11-8-9-4-2-3-5-10(9)12-14-6-7-15(11)12/h2-8H. The van der Waals surface area contributed by atoms with E-state index in [1.807, 2.05) is 40.9 Å². The third-order valence-corrected chi connectivity index (χ3v) is 2.49. The van der Waals surface area contributed by atoms with Gasteiger partial charge in [0.2, 0.25) is 11.5 Å². The molecule has 3 heteroatoms. The minimum atomic E-state index is 0.598. The van der Waals surface area contributed by atoms with Gasteiger partial charge in [-0.05, 0) is 17.5 Å². The Hall–Kier alpha value is -2.34. The Morgan fingerprint density at radius 1 is 1.27 bits per heavy atom. The fourth-order valence-electron chi connectivity index (χ4n) is 1.81. The van der Waals surface area contributed by atoms with E-state index >= 15 is 0 Å². The molecule has 3 rings (SSSR count). The minimum Gasteiger partial charge on any atom is -0.364 e. The molecule has 70 valence electrons. The summed E-state index contributed by atoms with van der Waals surface area (Å²) in [4.78, 5) is 7.77. The van der Waals surface area contributed by atoms with Crippen LogP contribution in [0.15, 0.2) is 42.7 Å². The van der Waals surface area contributed by atoms with Gasteiger partial charge in [-0.25, -0.2) is 9.38 Å². The number of hydrogen-bond acceptors (Lipinski definition) is 1. The highest BCUT2D eigenvalue weighted by atomic mass is 15.1. The van der Waals surface area contributed by atoms with Crippen molar-refractivity contribution in [2.45, 2.75) is 0 Å². The van der Waals surface area contributed by atoms with Crippen molar-refractivity contribution in [2.24, 2.45) is 0 Å². The third-order valence-electron chi connectivity index (χ3n) is 2.49. The average molecular weight is 193 g/mol. The molecular weight excluding hydrogens is 186 g/mol. The maximum absolute atomic E-state index is 7.12. The summed E-state index contributed by atoms with van der Waals surface area (Å²) in [6, 6.07) is 9.85. The SMILES string of the molecule is [C-]#[N+]c1cc2ccccc2c2nccn12. The summed E-state index contributed by atoms with van der Waals surface area (Å²) in [6.07, 6.45) is 3.53. The first kappa shape index (κ1) is 8.01. The average Bonchev–Trinajstić information content (AvgIpc) is 2.77. The monoisotopic (exact) mass is 193 g/mol. The Morgan fingerprint density at radius 3 is 3.00 bits per heavy atom. The molecular formula is C12H7N3. The lowest BCUT2D eigenvalue weighted by molar-refractivity contribution is 1.23. The zero-order valence-electron chi connectivity index (χ0n) is 7.88. The first-order valence-electron chi connectivity index (χ1n) is 4.62. The van der Waals surface area contributed by atoms with E-state index in [0.29, 0.717) is 5.82 Å². The van der Waals surface area contributed by atoms with Crippen LogP contribution < -0.4 is 0 Å². The van der Waals surface area contributed by atoms with Crippen molar-refractivity contribution in [3.05, 3.63) is 54.1 Å². The van der Waals surface area contributed by atoms with Gasteiger partial charge in [0.05, 0.1) is 12.4 Å². The second-order valence-electron chi connectivity index (χ2n) is 3.32. The maximum atomic E-state index is 7.12. The molecule has 0 aliphatic rings. The number of benzene rings is 1. The van der Waals surface area contributed by atoms with Crippen molar-refractivity contribution in [3.8, 4) is 0 Å². The van der Waals surface area contributed by atoms with Crippen LogP contribution in [0.4, 0.5) is 5.82 Å². The predicted octanol–water partition coefficient (Wildman–Crippen LogP) is 3.04. The Labute approximate surface area is 86.4 Å². The molecule has 0 spiro atoms. The summed E-state index contributed by atoms with van der Waals surface area (Å²) < 4.78 is 1.81. The van der Waals surface area contributed by atoms with E-state index in [4.69, 9.17) is 6.57 Å². The van der Waals surface area contributed by atoms with Crippen LogP contribution in [0.3, 0.4) is 0 Å². The Balaban J connectivity index is 2.64. The van der Waals surface area contributed by atoms with Gasteiger partial charge in [0, 0.05) is 5.39 Å². The van der Waals surface area contributed by atoms with Crippen LogP contribution >= 0.6 is 0 Å². The zero-order valence-corrected chi connectivity index (χ0v) is 7.88. The highest BCUT2D eigenvalue weighted by molar-refractivity contribution is 5.96. The van der Waals surface area contributed by atoms with E-state index in [2.05, 4.69) is 9.83 Å². The number of fused-ring (bicyclic) bond motifs is 3. The van der Waals surface area contributed by atoms with Crippen molar-refractivity contribution in [3.63, 3.8) is 0 Å². The van der Waals surface area contributed by atoms with Crippen LogP contribution in [-0.4, -0.2) is 9.38 Å². The summed E-state index contributed by atoms with van der Waals surface area (Å²) in [5, 5.41) is 2.14. The largest absolute Gasteiger partial charge is 0.364 e. The van der Waals surface area contributed by atoms with Crippen molar-refractivity contribution in [1.29, 1.82) is 0 Å². The van der Waals surface area contributed by atoms with Crippen molar-refractivity contribution < 1.29 is 0 Å². The molecule has 1 aromatic carbocycles. The molecule has 0 N–H and O–H groups in total. The van der Waals surface area contributed by atoms with E-state index < -0.39 is 0 Å². The molecule has 2 heterocycles. The van der Waals surface area contributed by atoms with E-state index in [0.717, 1.165) is 16.4 Å². The minimum absolute atomic E-state index is 0.598. The number of nitrogens with zero attached hydrogens (tertiary/aromatic N) is 3. The van der Waals surface area contributed by atoms with Crippen LogP contribution in [0.1, 0.15) is 0 Å². The summed E-state index contributed by atoms with van der Waals surface area (Å²) in [6.45, 7) is 7.12. The fraction of sp³-hybridized carbons (Fsp3) is 0. The molecule has 0 aliphatic carbocycles. The fourth-order valence-corrected chi connectivity index (χ4v) is 1.81. The summed E-state index contributed by atoms with van der Waals surface area (Å²) in [5.74, 6) is 0.598. The smallest absolute Gasteiger partial charge is 0.237 e. The van der Waals surface area contributed by atoms with Crippen LogP contribution in [0.25, 0.3) is 21.3 Å². The summed E-state index contributed by atoms with van der Waals surface area (Å²) in [5.41, 5.74) is 0.846. The van der Waals surface area contributed by atoms with Crippen LogP contribution in [0, 0.1) is 6.57 Å². The molecule has 0 radical (unpaired) electrons. The summed E-state index contributed by atoms with van der Waals surface area (Å²) in [7, 11) is 0. The lowest BCUT2D eigenvalue weighted by atomic mass is 10.1. The number of rotatable bonds is 0. The highest BCUT2D eigenvalue weighted by Gasteiger charge is 2.07. The van der Waals surface area contributed by atoms with Crippen LogP contribution in [0.5, 0.6) is 0 Å². The van der Waals surface area contributed by atoms with Crippen molar-refractivity contribution >= 4 is 22.2 Å². The molecule has 0 unspecified atom stereocenters. The van der Waals surface area contributed by atoms with Gasteiger partial charge in [0.25, 0.3) is 0 Å². The molecule has 15 heavy (non-hydrogen) atoms. The van der Waals surface area contributed by atoms with Gasteiger partial charge in [-0.3, -0.25) is 0 Å². The Morgan fingerprint density at radius 2 is 2.13 bits per heavy atom. The highest BCUT2D eigenvalue weighted by Crippen LogP contribution is 2.25. The summed E-state index contributed by atoms with van der Waals surface area (Å²) >= 11 is 0. The Kier molecular flexibility index (Phi) is 1.51. The molecule has 0 amide bonds. The first-order valence-corrected chi connectivity index (χ1v) is 4.62. The van der Waals surface area contributed by atoms with Gasteiger partial charge in [-0.2, -0.15) is 0 Å². The number of pyridine rings is 1. The predicted molar refractivity (Wildman–Crippen MR) is 59.0 cm³/mol. The molecule has 3 aromatic rings. The normalized spacial score (nSPS) is 10.6. The first-order chi connectivity index (χ1) is 7.40. The Bertz CT molecular complexity index is 689. The second kappa shape index (κ2) is 2.82. The number of aromatic nitrogens is 2. The van der Waals surface area contributed by atoms with E-state index in [1.54, 1.807) is 6.20 Å².